The number of hydrogen-bond donors (Lipinski definition) is 2. The summed E-state index contributed by atoms with van der Waals surface area (Å²) in [4.78, 5) is 9.82. The van der Waals surface area contributed by atoms with Crippen molar-refractivity contribution in [2.75, 3.05) is 13.6 Å². The first-order valence-corrected chi connectivity index (χ1v) is 4.75. The van der Waals surface area contributed by atoms with E-state index in [1.165, 1.54) is 25.1 Å². The topological polar surface area (TPSA) is 57.9 Å². The Labute approximate surface area is 78.1 Å². The zero-order valence-corrected chi connectivity index (χ0v) is 7.95. The standard InChI is InChI=1S/C9H16N4/c1-13-4-2-3-8(13)7-6-11-9(5-10)12-7/h6,8H,2-5,10H2,1H3,(H,11,12). The first-order valence-electron chi connectivity index (χ1n) is 4.75. The van der Waals surface area contributed by atoms with E-state index in [9.17, 15) is 0 Å². The van der Waals surface area contributed by atoms with Crippen molar-refractivity contribution in [2.24, 2.45) is 5.73 Å². The van der Waals surface area contributed by atoms with Crippen LogP contribution in [0, 0.1) is 0 Å². The SMILES string of the molecule is CN1CCCC1c1cnc(CN)[nH]1. The van der Waals surface area contributed by atoms with Gasteiger partial charge in [0.2, 0.25) is 0 Å². The van der Waals surface area contributed by atoms with Crippen LogP contribution in [0.3, 0.4) is 0 Å². The molecule has 3 N–H and O–H groups in total. The summed E-state index contributed by atoms with van der Waals surface area (Å²) in [5.74, 6) is 0.885. The molecule has 0 radical (unpaired) electrons. The van der Waals surface area contributed by atoms with Crippen LogP contribution < -0.4 is 5.73 Å². The molecule has 2 rings (SSSR count). The first kappa shape index (κ1) is 8.72. The molecule has 1 aliphatic rings. The molecule has 1 aliphatic heterocycles. The van der Waals surface area contributed by atoms with E-state index in [-0.39, 0.29) is 0 Å². The molecule has 72 valence electrons. The van der Waals surface area contributed by atoms with Crippen molar-refractivity contribution in [1.82, 2.24) is 14.9 Å². The second-order valence-corrected chi connectivity index (χ2v) is 3.63. The Morgan fingerprint density at radius 1 is 1.77 bits per heavy atom. The molecule has 4 heteroatoms. The number of nitrogens with one attached hydrogen (secondary N) is 1. The molecule has 13 heavy (non-hydrogen) atoms. The fourth-order valence-electron chi connectivity index (χ4n) is 1.95. The van der Waals surface area contributed by atoms with E-state index in [0.717, 1.165) is 5.82 Å². The molecule has 1 unspecified atom stereocenters. The second kappa shape index (κ2) is 3.47. The summed E-state index contributed by atoms with van der Waals surface area (Å²) in [5.41, 5.74) is 6.70. The van der Waals surface area contributed by atoms with Crippen molar-refractivity contribution < 1.29 is 0 Å². The third kappa shape index (κ3) is 1.59. The number of aromatic nitrogens is 2. The minimum atomic E-state index is 0.496. The molecule has 0 saturated carbocycles. The third-order valence-corrected chi connectivity index (χ3v) is 2.72. The molecule has 1 saturated heterocycles. The van der Waals surface area contributed by atoms with Gasteiger partial charge in [-0.25, -0.2) is 4.98 Å². The number of nitrogens with two attached hydrogens (primary N) is 1. The summed E-state index contributed by atoms with van der Waals surface area (Å²) in [7, 11) is 2.15. The van der Waals surface area contributed by atoms with Gasteiger partial charge in [-0.1, -0.05) is 0 Å². The summed E-state index contributed by atoms with van der Waals surface area (Å²) in [5, 5.41) is 0. The maximum absolute atomic E-state index is 5.49. The fraction of sp³-hybridized carbons (Fsp3) is 0.667. The summed E-state index contributed by atoms with van der Waals surface area (Å²) >= 11 is 0. The largest absolute Gasteiger partial charge is 0.343 e. The maximum atomic E-state index is 5.49. The summed E-state index contributed by atoms with van der Waals surface area (Å²) in [6.07, 6.45) is 4.41. The lowest BCUT2D eigenvalue weighted by atomic mass is 10.2. The Hall–Kier alpha value is -0.870. The predicted molar refractivity (Wildman–Crippen MR) is 51.1 cm³/mol. The zero-order valence-electron chi connectivity index (χ0n) is 7.95. The van der Waals surface area contributed by atoms with Crippen LogP contribution in [0.2, 0.25) is 0 Å². The van der Waals surface area contributed by atoms with Gasteiger partial charge in [-0.2, -0.15) is 0 Å². The average Bonchev–Trinajstić information content (AvgIpc) is 2.71. The monoisotopic (exact) mass is 180 g/mol. The Morgan fingerprint density at radius 2 is 2.62 bits per heavy atom. The smallest absolute Gasteiger partial charge is 0.120 e. The Kier molecular flexibility index (Phi) is 2.33. The molecule has 4 nitrogen and oxygen atoms in total. The van der Waals surface area contributed by atoms with Gasteiger partial charge in [-0.15, -0.1) is 0 Å². The zero-order chi connectivity index (χ0) is 9.26. The Bertz CT molecular complexity index is 281. The lowest BCUT2D eigenvalue weighted by molar-refractivity contribution is 0.312. The van der Waals surface area contributed by atoms with Crippen molar-refractivity contribution in [3.05, 3.63) is 17.7 Å². The van der Waals surface area contributed by atoms with Crippen LogP contribution in [-0.2, 0) is 6.54 Å². The third-order valence-electron chi connectivity index (χ3n) is 2.72. The van der Waals surface area contributed by atoms with Crippen molar-refractivity contribution in [3.63, 3.8) is 0 Å². The molecule has 0 spiro atoms. The number of nitrogens with zero attached hydrogens (tertiary/aromatic N) is 2. The lowest BCUT2D eigenvalue weighted by Crippen LogP contribution is -2.17. The van der Waals surface area contributed by atoms with Crippen LogP contribution in [0.25, 0.3) is 0 Å². The van der Waals surface area contributed by atoms with E-state index < -0.39 is 0 Å². The average molecular weight is 180 g/mol. The molecule has 0 aliphatic carbocycles. The molecule has 1 fully saturated rings. The van der Waals surface area contributed by atoms with Crippen molar-refractivity contribution in [1.29, 1.82) is 0 Å². The van der Waals surface area contributed by atoms with E-state index in [1.807, 2.05) is 6.20 Å². The summed E-state index contributed by atoms with van der Waals surface area (Å²) in [6.45, 7) is 1.68. The maximum Gasteiger partial charge on any atom is 0.120 e. The molecule has 1 aromatic heterocycles. The first-order chi connectivity index (χ1) is 6.31. The van der Waals surface area contributed by atoms with Crippen LogP contribution in [0.15, 0.2) is 6.20 Å². The van der Waals surface area contributed by atoms with Gasteiger partial charge in [0, 0.05) is 6.20 Å². The lowest BCUT2D eigenvalue weighted by Gasteiger charge is -2.17. The van der Waals surface area contributed by atoms with E-state index in [4.69, 9.17) is 5.73 Å². The van der Waals surface area contributed by atoms with E-state index in [1.54, 1.807) is 0 Å². The van der Waals surface area contributed by atoms with Gasteiger partial charge in [0.1, 0.15) is 5.82 Å². The normalized spacial score (nSPS) is 24.0. The van der Waals surface area contributed by atoms with Crippen molar-refractivity contribution in [2.45, 2.75) is 25.4 Å². The summed E-state index contributed by atoms with van der Waals surface area (Å²) in [6, 6.07) is 0.521. The van der Waals surface area contributed by atoms with Crippen LogP contribution in [0.1, 0.15) is 30.4 Å². The van der Waals surface area contributed by atoms with Crippen LogP contribution in [0.4, 0.5) is 0 Å². The van der Waals surface area contributed by atoms with Crippen LogP contribution >= 0.6 is 0 Å². The van der Waals surface area contributed by atoms with Gasteiger partial charge in [-0.05, 0) is 26.4 Å². The number of rotatable bonds is 2. The van der Waals surface area contributed by atoms with E-state index in [2.05, 4.69) is 21.9 Å². The van der Waals surface area contributed by atoms with Gasteiger partial charge >= 0.3 is 0 Å². The highest BCUT2D eigenvalue weighted by Gasteiger charge is 2.23. The van der Waals surface area contributed by atoms with Crippen molar-refractivity contribution in [3.8, 4) is 0 Å². The van der Waals surface area contributed by atoms with Gasteiger partial charge in [0.15, 0.2) is 0 Å². The predicted octanol–water partition coefficient (Wildman–Crippen LogP) is 0.635. The molecule has 1 atom stereocenters. The number of H-pyrrole nitrogens is 1. The number of aromatic amines is 1. The van der Waals surface area contributed by atoms with E-state index >= 15 is 0 Å². The van der Waals surface area contributed by atoms with Gasteiger partial charge < -0.3 is 10.7 Å². The second-order valence-electron chi connectivity index (χ2n) is 3.63. The highest BCUT2D eigenvalue weighted by Crippen LogP contribution is 2.28. The number of imidazole rings is 1. The highest BCUT2D eigenvalue weighted by molar-refractivity contribution is 5.08. The minimum absolute atomic E-state index is 0.496. The summed E-state index contributed by atoms with van der Waals surface area (Å²) < 4.78 is 0. The minimum Gasteiger partial charge on any atom is -0.343 e. The highest BCUT2D eigenvalue weighted by atomic mass is 15.2. The molecule has 0 bridgehead atoms. The molecular formula is C9H16N4. The van der Waals surface area contributed by atoms with Gasteiger partial charge in [0.05, 0.1) is 18.3 Å². The van der Waals surface area contributed by atoms with Crippen LogP contribution in [-0.4, -0.2) is 28.5 Å². The molecule has 2 heterocycles. The number of hydrogen-bond acceptors (Lipinski definition) is 3. The van der Waals surface area contributed by atoms with Crippen molar-refractivity contribution >= 4 is 0 Å². The molecule has 0 amide bonds. The number of likely N-dealkylation sites (tertiary alicyclic amines) is 1. The van der Waals surface area contributed by atoms with Crippen LogP contribution in [0.5, 0.6) is 0 Å². The van der Waals surface area contributed by atoms with Gasteiger partial charge in [0.25, 0.3) is 0 Å². The quantitative estimate of drug-likeness (QED) is 0.702. The molecule has 0 aromatic carbocycles. The Morgan fingerprint density at radius 3 is 3.15 bits per heavy atom. The van der Waals surface area contributed by atoms with Gasteiger partial charge in [-0.3, -0.25) is 4.90 Å². The molecular weight excluding hydrogens is 164 g/mol. The Balaban J connectivity index is 2.15. The van der Waals surface area contributed by atoms with E-state index in [0.29, 0.717) is 12.6 Å². The molecule has 1 aromatic rings. The fourth-order valence-corrected chi connectivity index (χ4v) is 1.95.